The van der Waals surface area contributed by atoms with Crippen LogP contribution in [0.1, 0.15) is 6.42 Å². The summed E-state index contributed by atoms with van der Waals surface area (Å²) in [4.78, 5) is 34.9. The molecule has 10 nitrogen and oxygen atoms in total. The number of imidazole rings is 1. The summed E-state index contributed by atoms with van der Waals surface area (Å²) in [7, 11) is 2.11. The van der Waals surface area contributed by atoms with E-state index in [1.165, 1.54) is 0 Å². The molecule has 2 aromatic carbocycles. The van der Waals surface area contributed by atoms with Gasteiger partial charge < -0.3 is 15.5 Å². The van der Waals surface area contributed by atoms with Crippen LogP contribution in [-0.4, -0.2) is 79.6 Å². The fourth-order valence-corrected chi connectivity index (χ4v) is 5.00. The first-order chi connectivity index (χ1) is 19.6. The molecule has 5 aromatic rings. The van der Waals surface area contributed by atoms with E-state index in [2.05, 4.69) is 55.7 Å². The number of hydrogen-bond acceptors (Lipinski definition) is 7. The third-order valence-corrected chi connectivity index (χ3v) is 7.30. The Hall–Kier alpha value is -4.83. The molecule has 0 bridgehead atoms. The Morgan fingerprint density at radius 2 is 1.80 bits per heavy atom. The summed E-state index contributed by atoms with van der Waals surface area (Å²) in [6.07, 6.45) is 7.98. The van der Waals surface area contributed by atoms with Gasteiger partial charge in [0.25, 0.3) is 0 Å². The van der Waals surface area contributed by atoms with Crippen LogP contribution in [0.5, 0.6) is 0 Å². The molecule has 4 heterocycles. The summed E-state index contributed by atoms with van der Waals surface area (Å²) in [6.45, 7) is 2.88. The fraction of sp³-hybridized carbons (Fsp3) is 0.233. The van der Waals surface area contributed by atoms with Crippen LogP contribution in [0.3, 0.4) is 0 Å². The molecule has 0 aliphatic carbocycles. The molecule has 0 spiro atoms. The summed E-state index contributed by atoms with van der Waals surface area (Å²) >= 11 is 0. The lowest BCUT2D eigenvalue weighted by Crippen LogP contribution is -2.54. The van der Waals surface area contributed by atoms with Gasteiger partial charge in [-0.1, -0.05) is 24.3 Å². The van der Waals surface area contributed by atoms with Gasteiger partial charge in [-0.05, 0) is 67.1 Å². The number of anilines is 2. The highest BCUT2D eigenvalue weighted by atomic mass is 16.2. The van der Waals surface area contributed by atoms with Gasteiger partial charge in [-0.3, -0.25) is 14.5 Å². The lowest BCUT2D eigenvalue weighted by atomic mass is 10.1. The van der Waals surface area contributed by atoms with Gasteiger partial charge >= 0.3 is 6.03 Å². The van der Waals surface area contributed by atoms with Crippen LogP contribution in [0.2, 0.25) is 0 Å². The largest absolute Gasteiger partial charge is 0.354 e. The summed E-state index contributed by atoms with van der Waals surface area (Å²) < 4.78 is 1.97. The third-order valence-electron chi connectivity index (χ3n) is 7.30. The molecule has 1 fully saturated rings. The molecule has 40 heavy (non-hydrogen) atoms. The highest BCUT2D eigenvalue weighted by Gasteiger charge is 2.27. The van der Waals surface area contributed by atoms with Crippen molar-refractivity contribution in [2.24, 2.45) is 0 Å². The Kier molecular flexibility index (Phi) is 7.32. The van der Waals surface area contributed by atoms with Crippen LogP contribution in [0.15, 0.2) is 91.6 Å². The summed E-state index contributed by atoms with van der Waals surface area (Å²) in [5.74, 6) is 1.31. The molecule has 1 unspecified atom stereocenters. The van der Waals surface area contributed by atoms with Crippen molar-refractivity contribution in [3.63, 3.8) is 0 Å². The van der Waals surface area contributed by atoms with E-state index in [4.69, 9.17) is 4.98 Å². The average Bonchev–Trinajstić information content (AvgIpc) is 3.43. The molecule has 1 aliphatic rings. The number of piperazine rings is 1. The number of benzene rings is 2. The summed E-state index contributed by atoms with van der Waals surface area (Å²) in [5.41, 5.74) is 4.86. The van der Waals surface area contributed by atoms with Gasteiger partial charge in [-0.2, -0.15) is 4.98 Å². The molecule has 0 radical (unpaired) electrons. The number of pyridine rings is 1. The van der Waals surface area contributed by atoms with E-state index >= 15 is 0 Å². The predicted molar refractivity (Wildman–Crippen MR) is 156 cm³/mol. The number of carbonyl (C=O) groups excluding carboxylic acids is 1. The SMILES string of the molecule is CN1CCN(C(=O)Nc2ccccc2)CC1CCNc1nccc(-n2cnc3cc(-c4ccncc4)ccc32)n1. The number of rotatable bonds is 7. The Morgan fingerprint density at radius 1 is 0.950 bits per heavy atom. The maximum absolute atomic E-state index is 12.8. The number of fused-ring (bicyclic) bond motifs is 1. The molecule has 6 rings (SSSR count). The van der Waals surface area contributed by atoms with Crippen molar-refractivity contribution in [1.29, 1.82) is 0 Å². The maximum atomic E-state index is 12.8. The van der Waals surface area contributed by atoms with Gasteiger partial charge in [0.1, 0.15) is 12.1 Å². The summed E-state index contributed by atoms with van der Waals surface area (Å²) in [5, 5.41) is 6.37. The molecular weight excluding hydrogens is 502 g/mol. The molecule has 10 heteroatoms. The Balaban J connectivity index is 1.08. The zero-order valence-corrected chi connectivity index (χ0v) is 22.3. The van der Waals surface area contributed by atoms with E-state index in [1.54, 1.807) is 24.9 Å². The average molecular weight is 534 g/mol. The molecule has 3 aromatic heterocycles. The zero-order chi connectivity index (χ0) is 27.3. The van der Waals surface area contributed by atoms with Crippen LogP contribution >= 0.6 is 0 Å². The fourth-order valence-electron chi connectivity index (χ4n) is 5.00. The first kappa shape index (κ1) is 25.4. The number of urea groups is 1. The molecule has 1 aliphatic heterocycles. The zero-order valence-electron chi connectivity index (χ0n) is 22.3. The molecule has 2 amide bonds. The number of amides is 2. The normalized spacial score (nSPS) is 15.7. The quantitative estimate of drug-likeness (QED) is 0.317. The molecule has 1 atom stereocenters. The number of para-hydroxylation sites is 1. The lowest BCUT2D eigenvalue weighted by molar-refractivity contribution is 0.113. The minimum Gasteiger partial charge on any atom is -0.354 e. The van der Waals surface area contributed by atoms with E-state index < -0.39 is 0 Å². The van der Waals surface area contributed by atoms with Crippen LogP contribution < -0.4 is 10.6 Å². The topological polar surface area (TPSA) is 104 Å². The van der Waals surface area contributed by atoms with Crippen molar-refractivity contribution in [1.82, 2.24) is 34.3 Å². The number of nitrogens with zero attached hydrogens (tertiary/aromatic N) is 7. The van der Waals surface area contributed by atoms with Crippen molar-refractivity contribution in [2.75, 3.05) is 43.9 Å². The Bertz CT molecular complexity index is 1590. The predicted octanol–water partition coefficient (Wildman–Crippen LogP) is 4.53. The van der Waals surface area contributed by atoms with Gasteiger partial charge in [-0.15, -0.1) is 0 Å². The minimum absolute atomic E-state index is 0.0613. The number of likely N-dealkylation sites (N-methyl/N-ethyl adjacent to an activating group) is 1. The van der Waals surface area contributed by atoms with Crippen molar-refractivity contribution in [3.8, 4) is 16.9 Å². The van der Waals surface area contributed by atoms with Crippen molar-refractivity contribution >= 4 is 28.7 Å². The van der Waals surface area contributed by atoms with Crippen LogP contribution in [0, 0.1) is 0 Å². The number of nitrogens with one attached hydrogen (secondary N) is 2. The standard InChI is InChI=1S/C30H31N9O/c1-37-17-18-38(30(40)35-24-5-3-2-4-6-24)20-25(37)11-15-32-29-33-16-12-28(36-29)39-21-34-26-19-23(7-8-27(26)39)22-9-13-31-14-10-22/h2-10,12-14,16,19,21,25H,11,15,17-18,20H2,1H3,(H,35,40)(H,32,33,36). The first-order valence-corrected chi connectivity index (χ1v) is 13.4. The van der Waals surface area contributed by atoms with E-state index in [1.807, 2.05) is 58.0 Å². The minimum atomic E-state index is -0.0613. The molecular formula is C30H31N9O. The molecule has 202 valence electrons. The first-order valence-electron chi connectivity index (χ1n) is 13.4. The van der Waals surface area contributed by atoms with Crippen molar-refractivity contribution in [2.45, 2.75) is 12.5 Å². The van der Waals surface area contributed by atoms with E-state index in [9.17, 15) is 4.79 Å². The molecule has 1 saturated heterocycles. The van der Waals surface area contributed by atoms with E-state index in [-0.39, 0.29) is 12.1 Å². The van der Waals surface area contributed by atoms with Gasteiger partial charge in [0.05, 0.1) is 11.0 Å². The lowest BCUT2D eigenvalue weighted by Gasteiger charge is -2.39. The second-order valence-electron chi connectivity index (χ2n) is 9.88. The van der Waals surface area contributed by atoms with Crippen LogP contribution in [0.25, 0.3) is 28.0 Å². The van der Waals surface area contributed by atoms with Gasteiger partial charge in [0.15, 0.2) is 0 Å². The number of carbonyl (C=O) groups is 1. The van der Waals surface area contributed by atoms with E-state index in [0.29, 0.717) is 25.6 Å². The molecule has 2 N–H and O–H groups in total. The van der Waals surface area contributed by atoms with Crippen molar-refractivity contribution in [3.05, 3.63) is 91.6 Å². The maximum Gasteiger partial charge on any atom is 0.321 e. The highest BCUT2D eigenvalue weighted by molar-refractivity contribution is 5.89. The van der Waals surface area contributed by atoms with Gasteiger partial charge in [0.2, 0.25) is 5.95 Å². The second-order valence-corrected chi connectivity index (χ2v) is 9.88. The van der Waals surface area contributed by atoms with E-state index in [0.717, 1.165) is 46.6 Å². The Labute approximate surface area is 232 Å². The monoisotopic (exact) mass is 533 g/mol. The number of aromatic nitrogens is 5. The smallest absolute Gasteiger partial charge is 0.321 e. The van der Waals surface area contributed by atoms with Crippen LogP contribution in [0.4, 0.5) is 16.4 Å². The second kappa shape index (κ2) is 11.5. The highest BCUT2D eigenvalue weighted by Crippen LogP contribution is 2.25. The number of hydrogen-bond donors (Lipinski definition) is 2. The van der Waals surface area contributed by atoms with Crippen LogP contribution in [-0.2, 0) is 0 Å². The third kappa shape index (κ3) is 5.62. The molecule has 0 saturated carbocycles. The summed E-state index contributed by atoms with van der Waals surface area (Å²) in [6, 6.07) is 21.8. The Morgan fingerprint density at radius 3 is 2.65 bits per heavy atom. The van der Waals surface area contributed by atoms with Gasteiger partial charge in [-0.25, -0.2) is 14.8 Å². The van der Waals surface area contributed by atoms with Gasteiger partial charge in [0, 0.05) is 56.5 Å². The van der Waals surface area contributed by atoms with Crippen molar-refractivity contribution < 1.29 is 4.79 Å².